The Kier molecular flexibility index (Phi) is 3.41. The fourth-order valence-electron chi connectivity index (χ4n) is 2.69. The van der Waals surface area contributed by atoms with Gasteiger partial charge < -0.3 is 9.30 Å². The van der Waals surface area contributed by atoms with Gasteiger partial charge in [-0.1, -0.05) is 11.8 Å². The second kappa shape index (κ2) is 5.11. The number of thioether (sulfide) groups is 1. The molecule has 1 aromatic carbocycles. The Morgan fingerprint density at radius 1 is 1.38 bits per heavy atom. The standard InChI is InChI=1S/C15H17N3O2S/c1-5-18-14(19)13-12(16-15(18)21-4)10-8-9(20-3)6-7-11(10)17(13)2/h6-8H,5H2,1-4H3. The molecule has 3 rings (SSSR count). The molecular weight excluding hydrogens is 286 g/mol. The molecule has 21 heavy (non-hydrogen) atoms. The normalized spacial score (nSPS) is 11.4. The van der Waals surface area contributed by atoms with Crippen molar-refractivity contribution in [1.82, 2.24) is 14.1 Å². The number of hydrogen-bond acceptors (Lipinski definition) is 4. The van der Waals surface area contributed by atoms with E-state index in [1.54, 1.807) is 11.7 Å². The maximum Gasteiger partial charge on any atom is 0.278 e. The third kappa shape index (κ3) is 1.93. The first-order valence-corrected chi connectivity index (χ1v) is 7.95. The van der Waals surface area contributed by atoms with Crippen molar-refractivity contribution in [3.8, 4) is 5.75 Å². The first kappa shape index (κ1) is 14.0. The van der Waals surface area contributed by atoms with Crippen LogP contribution in [0.15, 0.2) is 28.2 Å². The zero-order valence-corrected chi connectivity index (χ0v) is 13.3. The first-order chi connectivity index (χ1) is 10.1. The number of fused-ring (bicyclic) bond motifs is 3. The third-order valence-electron chi connectivity index (χ3n) is 3.76. The van der Waals surface area contributed by atoms with Gasteiger partial charge in [-0.05, 0) is 31.4 Å². The lowest BCUT2D eigenvalue weighted by Gasteiger charge is -2.08. The number of nitrogens with zero attached hydrogens (tertiary/aromatic N) is 3. The summed E-state index contributed by atoms with van der Waals surface area (Å²) < 4.78 is 8.91. The Morgan fingerprint density at radius 3 is 2.76 bits per heavy atom. The van der Waals surface area contributed by atoms with Gasteiger partial charge in [-0.2, -0.15) is 0 Å². The molecule has 0 saturated heterocycles. The number of aryl methyl sites for hydroxylation is 1. The Hall–Kier alpha value is -1.95. The number of ether oxygens (including phenoxy) is 1. The summed E-state index contributed by atoms with van der Waals surface area (Å²) in [6.07, 6.45) is 1.94. The number of benzene rings is 1. The van der Waals surface area contributed by atoms with Crippen molar-refractivity contribution in [1.29, 1.82) is 0 Å². The molecule has 0 spiro atoms. The fourth-order valence-corrected chi connectivity index (χ4v) is 3.31. The van der Waals surface area contributed by atoms with Crippen LogP contribution in [0.4, 0.5) is 0 Å². The molecule has 0 radical (unpaired) electrons. The molecular formula is C15H17N3O2S. The monoisotopic (exact) mass is 303 g/mol. The van der Waals surface area contributed by atoms with Gasteiger partial charge in [0.25, 0.3) is 5.56 Å². The van der Waals surface area contributed by atoms with E-state index in [1.165, 1.54) is 11.8 Å². The van der Waals surface area contributed by atoms with E-state index in [2.05, 4.69) is 0 Å². The summed E-state index contributed by atoms with van der Waals surface area (Å²) in [6, 6.07) is 5.80. The van der Waals surface area contributed by atoms with Crippen LogP contribution in [-0.2, 0) is 13.6 Å². The van der Waals surface area contributed by atoms with Gasteiger partial charge >= 0.3 is 0 Å². The summed E-state index contributed by atoms with van der Waals surface area (Å²) in [5.41, 5.74) is 2.36. The van der Waals surface area contributed by atoms with E-state index in [0.29, 0.717) is 12.1 Å². The molecule has 0 bridgehead atoms. The highest BCUT2D eigenvalue weighted by Crippen LogP contribution is 2.29. The van der Waals surface area contributed by atoms with Crippen molar-refractivity contribution >= 4 is 33.7 Å². The van der Waals surface area contributed by atoms with Gasteiger partial charge in [-0.15, -0.1) is 0 Å². The molecule has 0 aliphatic rings. The lowest BCUT2D eigenvalue weighted by atomic mass is 10.2. The van der Waals surface area contributed by atoms with E-state index >= 15 is 0 Å². The van der Waals surface area contributed by atoms with Gasteiger partial charge in [-0.3, -0.25) is 9.36 Å². The zero-order valence-electron chi connectivity index (χ0n) is 12.5. The zero-order chi connectivity index (χ0) is 15.1. The summed E-state index contributed by atoms with van der Waals surface area (Å²) in [5.74, 6) is 0.766. The topological polar surface area (TPSA) is 49.0 Å². The Bertz CT molecular complexity index is 895. The lowest BCUT2D eigenvalue weighted by Crippen LogP contribution is -2.23. The predicted molar refractivity (Wildman–Crippen MR) is 86.5 cm³/mol. The molecule has 0 amide bonds. The lowest BCUT2D eigenvalue weighted by molar-refractivity contribution is 0.415. The van der Waals surface area contributed by atoms with Crippen LogP contribution in [0.25, 0.3) is 21.9 Å². The molecule has 0 N–H and O–H groups in total. The average Bonchev–Trinajstić information content (AvgIpc) is 2.79. The van der Waals surface area contributed by atoms with Crippen LogP contribution in [0, 0.1) is 0 Å². The minimum absolute atomic E-state index is 0.00418. The number of hydrogen-bond donors (Lipinski definition) is 0. The minimum atomic E-state index is 0.00418. The Balaban J connectivity index is 2.54. The van der Waals surface area contributed by atoms with E-state index < -0.39 is 0 Å². The maximum absolute atomic E-state index is 12.7. The summed E-state index contributed by atoms with van der Waals surface area (Å²) >= 11 is 1.49. The van der Waals surface area contributed by atoms with Crippen molar-refractivity contribution in [3.63, 3.8) is 0 Å². The largest absolute Gasteiger partial charge is 0.497 e. The van der Waals surface area contributed by atoms with Crippen LogP contribution in [0.1, 0.15) is 6.92 Å². The highest BCUT2D eigenvalue weighted by Gasteiger charge is 2.17. The van der Waals surface area contributed by atoms with Crippen LogP contribution in [0.2, 0.25) is 0 Å². The van der Waals surface area contributed by atoms with Crippen LogP contribution in [0.5, 0.6) is 5.75 Å². The highest BCUT2D eigenvalue weighted by molar-refractivity contribution is 7.98. The number of rotatable bonds is 3. The van der Waals surface area contributed by atoms with Crippen LogP contribution in [-0.4, -0.2) is 27.5 Å². The van der Waals surface area contributed by atoms with Gasteiger partial charge in [0.1, 0.15) is 16.8 Å². The third-order valence-corrected chi connectivity index (χ3v) is 4.44. The SMILES string of the molecule is CCn1c(SC)nc2c3cc(OC)ccc3n(C)c2c1=O. The molecule has 5 nitrogen and oxygen atoms in total. The summed E-state index contributed by atoms with van der Waals surface area (Å²) in [4.78, 5) is 17.4. The molecule has 0 aliphatic heterocycles. The molecule has 6 heteroatoms. The molecule has 0 atom stereocenters. The van der Waals surface area contributed by atoms with E-state index in [0.717, 1.165) is 27.3 Å². The molecule has 2 heterocycles. The van der Waals surface area contributed by atoms with Crippen molar-refractivity contribution < 1.29 is 4.74 Å². The van der Waals surface area contributed by atoms with E-state index in [4.69, 9.17) is 9.72 Å². The van der Waals surface area contributed by atoms with E-state index in [-0.39, 0.29) is 5.56 Å². The smallest absolute Gasteiger partial charge is 0.278 e. The molecule has 0 saturated carbocycles. The Morgan fingerprint density at radius 2 is 2.14 bits per heavy atom. The van der Waals surface area contributed by atoms with Crippen molar-refractivity contribution in [2.24, 2.45) is 7.05 Å². The van der Waals surface area contributed by atoms with Gasteiger partial charge in [0.15, 0.2) is 5.16 Å². The molecule has 0 aliphatic carbocycles. The average molecular weight is 303 g/mol. The predicted octanol–water partition coefficient (Wildman–Crippen LogP) is 2.64. The second-order valence-corrected chi connectivity index (χ2v) is 5.56. The van der Waals surface area contributed by atoms with Gasteiger partial charge in [0.05, 0.1) is 12.6 Å². The molecule has 3 aromatic rings. The minimum Gasteiger partial charge on any atom is -0.497 e. The van der Waals surface area contributed by atoms with Crippen LogP contribution >= 0.6 is 11.8 Å². The van der Waals surface area contributed by atoms with Gasteiger partial charge in [0.2, 0.25) is 0 Å². The van der Waals surface area contributed by atoms with Crippen molar-refractivity contribution in [3.05, 3.63) is 28.6 Å². The Labute approximate surface area is 126 Å². The molecule has 0 unspecified atom stereocenters. The quantitative estimate of drug-likeness (QED) is 0.551. The van der Waals surface area contributed by atoms with Crippen molar-refractivity contribution in [2.75, 3.05) is 13.4 Å². The van der Waals surface area contributed by atoms with E-state index in [9.17, 15) is 4.79 Å². The van der Waals surface area contributed by atoms with E-state index in [1.807, 2.05) is 43.0 Å². The van der Waals surface area contributed by atoms with Crippen molar-refractivity contribution in [2.45, 2.75) is 18.6 Å². The summed E-state index contributed by atoms with van der Waals surface area (Å²) in [5, 5.41) is 1.69. The fraction of sp³-hybridized carbons (Fsp3) is 0.333. The van der Waals surface area contributed by atoms with Gasteiger partial charge in [0, 0.05) is 19.0 Å². The number of methoxy groups -OCH3 is 1. The maximum atomic E-state index is 12.7. The second-order valence-electron chi connectivity index (χ2n) is 4.79. The molecule has 0 fully saturated rings. The first-order valence-electron chi connectivity index (χ1n) is 6.73. The summed E-state index contributed by atoms with van der Waals surface area (Å²) in [7, 11) is 3.54. The summed E-state index contributed by atoms with van der Waals surface area (Å²) in [6.45, 7) is 2.57. The van der Waals surface area contributed by atoms with Crippen LogP contribution < -0.4 is 10.3 Å². The molecule has 2 aromatic heterocycles. The number of aromatic nitrogens is 3. The van der Waals surface area contributed by atoms with Gasteiger partial charge in [-0.25, -0.2) is 4.98 Å². The van der Waals surface area contributed by atoms with Crippen LogP contribution in [0.3, 0.4) is 0 Å². The molecule has 110 valence electrons. The highest BCUT2D eigenvalue weighted by atomic mass is 32.2.